The van der Waals surface area contributed by atoms with Gasteiger partial charge in [0, 0.05) is 5.39 Å². The summed E-state index contributed by atoms with van der Waals surface area (Å²) < 4.78 is 19.1. The van der Waals surface area contributed by atoms with Crippen LogP contribution in [0.4, 0.5) is 4.39 Å². The molecule has 2 aromatic rings. The van der Waals surface area contributed by atoms with Crippen LogP contribution in [-0.4, -0.2) is 6.54 Å². The Labute approximate surface area is 114 Å². The van der Waals surface area contributed by atoms with Crippen molar-refractivity contribution in [2.75, 3.05) is 6.54 Å². The molecule has 1 atom stereocenters. The number of furan rings is 1. The van der Waals surface area contributed by atoms with E-state index in [1.54, 1.807) is 6.07 Å². The maximum absolute atomic E-state index is 13.2. The summed E-state index contributed by atoms with van der Waals surface area (Å²) in [4.78, 5) is 0. The molecule has 104 valence electrons. The summed E-state index contributed by atoms with van der Waals surface area (Å²) in [6, 6.07) is 6.73. The SMILES string of the molecule is CCNC(c1cc2cc(F)ccc2o1)C(C)(C)CC. The molecule has 1 heterocycles. The first kappa shape index (κ1) is 14.1. The average molecular weight is 263 g/mol. The molecule has 3 heteroatoms. The van der Waals surface area contributed by atoms with E-state index in [2.05, 4.69) is 33.0 Å². The van der Waals surface area contributed by atoms with Crippen molar-refractivity contribution in [3.8, 4) is 0 Å². The third-order valence-electron chi connectivity index (χ3n) is 3.88. The molecule has 1 aromatic heterocycles. The van der Waals surface area contributed by atoms with Crippen molar-refractivity contribution in [3.63, 3.8) is 0 Å². The molecule has 0 spiro atoms. The Morgan fingerprint density at radius 1 is 1.26 bits per heavy atom. The first-order valence-corrected chi connectivity index (χ1v) is 6.90. The van der Waals surface area contributed by atoms with Gasteiger partial charge in [-0.3, -0.25) is 0 Å². The van der Waals surface area contributed by atoms with Gasteiger partial charge in [-0.05, 0) is 42.6 Å². The lowest BCUT2D eigenvalue weighted by Gasteiger charge is -2.32. The second-order valence-electron chi connectivity index (χ2n) is 5.66. The van der Waals surface area contributed by atoms with Crippen molar-refractivity contribution < 1.29 is 8.81 Å². The largest absolute Gasteiger partial charge is 0.459 e. The zero-order valence-electron chi connectivity index (χ0n) is 12.1. The van der Waals surface area contributed by atoms with Gasteiger partial charge >= 0.3 is 0 Å². The molecular formula is C16H22FNO. The second kappa shape index (κ2) is 5.33. The van der Waals surface area contributed by atoms with E-state index in [1.807, 2.05) is 6.07 Å². The summed E-state index contributed by atoms with van der Waals surface area (Å²) >= 11 is 0. The van der Waals surface area contributed by atoms with Crippen LogP contribution in [0, 0.1) is 11.2 Å². The number of fused-ring (bicyclic) bond motifs is 1. The zero-order valence-corrected chi connectivity index (χ0v) is 12.1. The van der Waals surface area contributed by atoms with Crippen molar-refractivity contribution in [2.45, 2.75) is 40.2 Å². The molecule has 0 amide bonds. The first-order chi connectivity index (χ1) is 8.97. The number of nitrogens with one attached hydrogen (secondary N) is 1. The van der Waals surface area contributed by atoms with Crippen LogP contribution in [0.1, 0.15) is 45.9 Å². The maximum Gasteiger partial charge on any atom is 0.134 e. The van der Waals surface area contributed by atoms with Crippen molar-refractivity contribution >= 4 is 11.0 Å². The summed E-state index contributed by atoms with van der Waals surface area (Å²) in [5.74, 6) is 0.656. The lowest BCUT2D eigenvalue weighted by atomic mass is 9.80. The quantitative estimate of drug-likeness (QED) is 0.848. The summed E-state index contributed by atoms with van der Waals surface area (Å²) in [5, 5.41) is 4.30. The fraction of sp³-hybridized carbons (Fsp3) is 0.500. The smallest absolute Gasteiger partial charge is 0.134 e. The Balaban J connectivity index is 2.44. The molecule has 0 saturated carbocycles. The van der Waals surface area contributed by atoms with Crippen LogP contribution in [-0.2, 0) is 0 Å². The molecule has 2 nitrogen and oxygen atoms in total. The first-order valence-electron chi connectivity index (χ1n) is 6.90. The van der Waals surface area contributed by atoms with Crippen molar-refractivity contribution in [1.82, 2.24) is 5.32 Å². The van der Waals surface area contributed by atoms with Crippen LogP contribution in [0.5, 0.6) is 0 Å². The van der Waals surface area contributed by atoms with E-state index in [9.17, 15) is 4.39 Å². The van der Waals surface area contributed by atoms with Crippen LogP contribution < -0.4 is 5.32 Å². The van der Waals surface area contributed by atoms with E-state index >= 15 is 0 Å². The lowest BCUT2D eigenvalue weighted by molar-refractivity contribution is 0.211. The molecule has 2 rings (SSSR count). The Kier molecular flexibility index (Phi) is 3.95. The topological polar surface area (TPSA) is 25.2 Å². The highest BCUT2D eigenvalue weighted by Gasteiger charge is 2.31. The highest BCUT2D eigenvalue weighted by atomic mass is 19.1. The van der Waals surface area contributed by atoms with Gasteiger partial charge in [0.25, 0.3) is 0 Å². The fourth-order valence-corrected chi connectivity index (χ4v) is 2.35. The van der Waals surface area contributed by atoms with Gasteiger partial charge in [-0.1, -0.05) is 27.7 Å². The van der Waals surface area contributed by atoms with E-state index in [0.717, 1.165) is 29.7 Å². The van der Waals surface area contributed by atoms with Gasteiger partial charge in [0.15, 0.2) is 0 Å². The molecule has 0 aliphatic rings. The molecule has 1 aromatic carbocycles. The number of hydrogen-bond donors (Lipinski definition) is 1. The predicted molar refractivity (Wildman–Crippen MR) is 76.7 cm³/mol. The third kappa shape index (κ3) is 2.81. The third-order valence-corrected chi connectivity index (χ3v) is 3.88. The van der Waals surface area contributed by atoms with Gasteiger partial charge in [-0.15, -0.1) is 0 Å². The second-order valence-corrected chi connectivity index (χ2v) is 5.66. The number of hydrogen-bond acceptors (Lipinski definition) is 2. The van der Waals surface area contributed by atoms with Crippen LogP contribution in [0.2, 0.25) is 0 Å². The Morgan fingerprint density at radius 2 is 2.00 bits per heavy atom. The number of rotatable bonds is 5. The monoisotopic (exact) mass is 263 g/mol. The lowest BCUT2D eigenvalue weighted by Crippen LogP contribution is -2.33. The van der Waals surface area contributed by atoms with Gasteiger partial charge in [-0.25, -0.2) is 4.39 Å². The van der Waals surface area contributed by atoms with E-state index in [0.29, 0.717) is 0 Å². The van der Waals surface area contributed by atoms with Crippen LogP contribution >= 0.6 is 0 Å². The Morgan fingerprint density at radius 3 is 2.63 bits per heavy atom. The Hall–Kier alpha value is -1.35. The van der Waals surface area contributed by atoms with Gasteiger partial charge in [0.2, 0.25) is 0 Å². The predicted octanol–water partition coefficient (Wildman–Crippen LogP) is 4.66. The summed E-state index contributed by atoms with van der Waals surface area (Å²) in [5.41, 5.74) is 0.828. The maximum atomic E-state index is 13.2. The van der Waals surface area contributed by atoms with Gasteiger partial charge < -0.3 is 9.73 Å². The fourth-order valence-electron chi connectivity index (χ4n) is 2.35. The van der Waals surface area contributed by atoms with Gasteiger partial charge in [0.1, 0.15) is 17.2 Å². The molecule has 0 aliphatic heterocycles. The van der Waals surface area contributed by atoms with E-state index in [-0.39, 0.29) is 17.3 Å². The summed E-state index contributed by atoms with van der Waals surface area (Å²) in [6.45, 7) is 9.56. The summed E-state index contributed by atoms with van der Waals surface area (Å²) in [7, 11) is 0. The molecule has 0 fully saturated rings. The standard InChI is InChI=1S/C16H22FNO/c1-5-16(3,4)15(18-6-2)14-10-11-9-12(17)7-8-13(11)19-14/h7-10,15,18H,5-6H2,1-4H3. The average Bonchev–Trinajstić information content (AvgIpc) is 2.77. The van der Waals surface area contributed by atoms with E-state index in [4.69, 9.17) is 4.42 Å². The summed E-state index contributed by atoms with van der Waals surface area (Å²) in [6.07, 6.45) is 1.04. The molecular weight excluding hydrogens is 241 g/mol. The minimum Gasteiger partial charge on any atom is -0.459 e. The van der Waals surface area contributed by atoms with Crippen molar-refractivity contribution in [3.05, 3.63) is 35.8 Å². The van der Waals surface area contributed by atoms with Crippen LogP contribution in [0.15, 0.2) is 28.7 Å². The van der Waals surface area contributed by atoms with Gasteiger partial charge in [-0.2, -0.15) is 0 Å². The molecule has 0 saturated heterocycles. The molecule has 19 heavy (non-hydrogen) atoms. The van der Waals surface area contributed by atoms with Gasteiger partial charge in [0.05, 0.1) is 6.04 Å². The highest BCUT2D eigenvalue weighted by molar-refractivity contribution is 5.78. The normalized spacial score (nSPS) is 13.9. The minimum absolute atomic E-state index is 0.0857. The van der Waals surface area contributed by atoms with Crippen molar-refractivity contribution in [1.29, 1.82) is 0 Å². The molecule has 0 bridgehead atoms. The molecule has 1 N–H and O–H groups in total. The molecule has 1 unspecified atom stereocenters. The van der Waals surface area contributed by atoms with Crippen molar-refractivity contribution in [2.24, 2.45) is 5.41 Å². The number of benzene rings is 1. The van der Waals surface area contributed by atoms with Crippen LogP contribution in [0.3, 0.4) is 0 Å². The van der Waals surface area contributed by atoms with E-state index in [1.165, 1.54) is 12.1 Å². The Bertz CT molecular complexity index is 559. The minimum atomic E-state index is -0.227. The highest BCUT2D eigenvalue weighted by Crippen LogP contribution is 2.38. The zero-order chi connectivity index (χ0) is 14.0. The number of halogens is 1. The van der Waals surface area contributed by atoms with E-state index < -0.39 is 0 Å². The molecule has 0 aliphatic carbocycles. The van der Waals surface area contributed by atoms with Crippen LogP contribution in [0.25, 0.3) is 11.0 Å². The molecule has 0 radical (unpaired) electrons.